The second kappa shape index (κ2) is 3.10. The lowest BCUT2D eigenvalue weighted by molar-refractivity contribution is 0.112. The van der Waals surface area contributed by atoms with Crippen molar-refractivity contribution < 1.29 is 4.79 Å². The normalized spacial score (nSPS) is 10.4. The molecule has 0 saturated carbocycles. The minimum absolute atomic E-state index is 0.158. The summed E-state index contributed by atoms with van der Waals surface area (Å²) in [7, 11) is 0. The van der Waals surface area contributed by atoms with Crippen molar-refractivity contribution in [2.45, 2.75) is 6.92 Å². The minimum Gasteiger partial charge on any atom is -0.328 e. The van der Waals surface area contributed by atoms with E-state index in [0.717, 1.165) is 17.2 Å². The van der Waals surface area contributed by atoms with Crippen LogP contribution in [0.15, 0.2) is 29.2 Å². The zero-order valence-electron chi connectivity index (χ0n) is 7.70. The quantitative estimate of drug-likeness (QED) is 0.690. The molecule has 0 radical (unpaired) electrons. The average Bonchev–Trinajstić information content (AvgIpc) is 2.23. The van der Waals surface area contributed by atoms with Crippen molar-refractivity contribution in [3.63, 3.8) is 0 Å². The van der Waals surface area contributed by atoms with Crippen molar-refractivity contribution >= 4 is 17.1 Å². The van der Waals surface area contributed by atoms with Crippen LogP contribution in [-0.4, -0.2) is 11.3 Å². The van der Waals surface area contributed by atoms with Gasteiger partial charge in [0.2, 0.25) is 0 Å². The number of aromatic amines is 1. The van der Waals surface area contributed by atoms with E-state index in [9.17, 15) is 9.59 Å². The van der Waals surface area contributed by atoms with Gasteiger partial charge >= 0.3 is 0 Å². The molecule has 0 fully saturated rings. The topological polar surface area (TPSA) is 49.9 Å². The minimum atomic E-state index is -0.158. The molecule has 3 nitrogen and oxygen atoms in total. The third-order valence-electron chi connectivity index (χ3n) is 2.27. The molecule has 0 spiro atoms. The molecule has 0 amide bonds. The highest BCUT2D eigenvalue weighted by molar-refractivity contribution is 5.89. The Morgan fingerprint density at radius 3 is 2.79 bits per heavy atom. The van der Waals surface area contributed by atoms with Crippen LogP contribution in [0.1, 0.15) is 15.9 Å². The standard InChI is InChI=1S/C11H9NO2/c1-7-5-12-11(14)10-4-8(6-13)2-3-9(7)10/h2-6H,1H3,(H,12,14). The number of hydrogen-bond acceptors (Lipinski definition) is 2. The molecule has 1 heterocycles. The summed E-state index contributed by atoms with van der Waals surface area (Å²) in [5, 5.41) is 1.45. The second-order valence-corrected chi connectivity index (χ2v) is 3.22. The first-order chi connectivity index (χ1) is 6.72. The first-order valence-corrected chi connectivity index (χ1v) is 4.29. The highest BCUT2D eigenvalue weighted by Crippen LogP contribution is 2.14. The van der Waals surface area contributed by atoms with Gasteiger partial charge in [0.05, 0.1) is 0 Å². The van der Waals surface area contributed by atoms with Gasteiger partial charge in [0.1, 0.15) is 6.29 Å². The van der Waals surface area contributed by atoms with Crippen molar-refractivity contribution in [1.82, 2.24) is 4.98 Å². The van der Waals surface area contributed by atoms with Gasteiger partial charge in [-0.2, -0.15) is 0 Å². The van der Waals surface area contributed by atoms with Gasteiger partial charge in [-0.15, -0.1) is 0 Å². The number of aryl methyl sites for hydroxylation is 1. The molecule has 14 heavy (non-hydrogen) atoms. The molecule has 1 aromatic heterocycles. The van der Waals surface area contributed by atoms with E-state index in [1.807, 2.05) is 6.92 Å². The van der Waals surface area contributed by atoms with Gasteiger partial charge in [0.15, 0.2) is 0 Å². The Hall–Kier alpha value is -1.90. The molecule has 2 rings (SSSR count). The highest BCUT2D eigenvalue weighted by Gasteiger charge is 2.01. The molecule has 70 valence electrons. The third kappa shape index (κ3) is 1.23. The Bertz CT molecular complexity index is 555. The summed E-state index contributed by atoms with van der Waals surface area (Å²) in [6, 6.07) is 5.11. The fourth-order valence-electron chi connectivity index (χ4n) is 1.50. The highest BCUT2D eigenvalue weighted by atomic mass is 16.1. The fourth-order valence-corrected chi connectivity index (χ4v) is 1.50. The van der Waals surface area contributed by atoms with E-state index in [1.165, 1.54) is 0 Å². The van der Waals surface area contributed by atoms with Gasteiger partial charge in [-0.1, -0.05) is 12.1 Å². The van der Waals surface area contributed by atoms with Crippen LogP contribution in [0.3, 0.4) is 0 Å². The van der Waals surface area contributed by atoms with Gasteiger partial charge in [-0.3, -0.25) is 9.59 Å². The monoisotopic (exact) mass is 187 g/mol. The number of aromatic nitrogens is 1. The van der Waals surface area contributed by atoms with Crippen molar-refractivity contribution in [2.24, 2.45) is 0 Å². The van der Waals surface area contributed by atoms with Crippen LogP contribution in [0.5, 0.6) is 0 Å². The van der Waals surface area contributed by atoms with Crippen molar-refractivity contribution in [3.05, 3.63) is 45.9 Å². The summed E-state index contributed by atoms with van der Waals surface area (Å²) in [6.07, 6.45) is 2.41. The fraction of sp³-hybridized carbons (Fsp3) is 0.0909. The number of fused-ring (bicyclic) bond motifs is 1. The molecule has 0 aliphatic carbocycles. The zero-order valence-corrected chi connectivity index (χ0v) is 7.70. The SMILES string of the molecule is Cc1c[nH]c(=O)c2cc(C=O)ccc12. The number of hydrogen-bond donors (Lipinski definition) is 1. The maximum Gasteiger partial charge on any atom is 0.255 e. The first kappa shape index (κ1) is 8.69. The molecule has 1 aromatic carbocycles. The smallest absolute Gasteiger partial charge is 0.255 e. The van der Waals surface area contributed by atoms with Crippen LogP contribution in [0.25, 0.3) is 10.8 Å². The van der Waals surface area contributed by atoms with E-state index in [4.69, 9.17) is 0 Å². The summed E-state index contributed by atoms with van der Waals surface area (Å²) in [5.41, 5.74) is 1.36. The number of aldehydes is 1. The van der Waals surface area contributed by atoms with Crippen molar-refractivity contribution in [1.29, 1.82) is 0 Å². The van der Waals surface area contributed by atoms with Gasteiger partial charge in [-0.05, 0) is 23.9 Å². The number of benzene rings is 1. The lowest BCUT2D eigenvalue weighted by atomic mass is 10.1. The van der Waals surface area contributed by atoms with Crippen LogP contribution in [0.4, 0.5) is 0 Å². The number of carbonyl (C=O) groups excluding carboxylic acids is 1. The van der Waals surface area contributed by atoms with Gasteiger partial charge in [-0.25, -0.2) is 0 Å². The first-order valence-electron chi connectivity index (χ1n) is 4.29. The molecule has 1 N–H and O–H groups in total. The third-order valence-corrected chi connectivity index (χ3v) is 2.27. The summed E-state index contributed by atoms with van der Waals surface area (Å²) in [4.78, 5) is 24.6. The Morgan fingerprint density at radius 2 is 2.07 bits per heavy atom. The molecule has 0 bridgehead atoms. The number of nitrogens with one attached hydrogen (secondary N) is 1. The summed E-state index contributed by atoms with van der Waals surface area (Å²) in [5.74, 6) is 0. The number of rotatable bonds is 1. The molecule has 3 heteroatoms. The summed E-state index contributed by atoms with van der Waals surface area (Å²) >= 11 is 0. The number of pyridine rings is 1. The van der Waals surface area contributed by atoms with Crippen molar-refractivity contribution in [3.8, 4) is 0 Å². The molecule has 0 aliphatic rings. The van der Waals surface area contributed by atoms with Gasteiger partial charge < -0.3 is 4.98 Å². The van der Waals surface area contributed by atoms with E-state index >= 15 is 0 Å². The Labute approximate surface area is 80.4 Å². The van der Waals surface area contributed by atoms with E-state index in [-0.39, 0.29) is 5.56 Å². The maximum atomic E-state index is 11.4. The van der Waals surface area contributed by atoms with Gasteiger partial charge in [0.25, 0.3) is 5.56 Å². The molecule has 0 saturated heterocycles. The molecule has 0 unspecified atom stereocenters. The molecule has 0 aliphatic heterocycles. The zero-order chi connectivity index (χ0) is 10.1. The van der Waals surface area contributed by atoms with Crippen molar-refractivity contribution in [2.75, 3.05) is 0 Å². The predicted molar refractivity (Wildman–Crippen MR) is 54.7 cm³/mol. The Kier molecular flexibility index (Phi) is 1.93. The summed E-state index contributed by atoms with van der Waals surface area (Å²) in [6.45, 7) is 1.92. The van der Waals surface area contributed by atoms with E-state index in [2.05, 4.69) is 4.98 Å². The predicted octanol–water partition coefficient (Wildman–Crippen LogP) is 1.65. The number of H-pyrrole nitrogens is 1. The maximum absolute atomic E-state index is 11.4. The van der Waals surface area contributed by atoms with Crippen LogP contribution in [0.2, 0.25) is 0 Å². The molecular formula is C11H9NO2. The molecule has 0 atom stereocenters. The van der Waals surface area contributed by atoms with Crippen LogP contribution >= 0.6 is 0 Å². The van der Waals surface area contributed by atoms with E-state index in [1.54, 1.807) is 24.4 Å². The van der Waals surface area contributed by atoms with Crippen LogP contribution in [0, 0.1) is 6.92 Å². The largest absolute Gasteiger partial charge is 0.328 e. The lowest BCUT2D eigenvalue weighted by Gasteiger charge is -2.00. The van der Waals surface area contributed by atoms with Crippen LogP contribution in [-0.2, 0) is 0 Å². The Morgan fingerprint density at radius 1 is 1.29 bits per heavy atom. The average molecular weight is 187 g/mol. The van der Waals surface area contributed by atoms with E-state index < -0.39 is 0 Å². The second-order valence-electron chi connectivity index (χ2n) is 3.22. The number of carbonyl (C=O) groups is 1. The Balaban J connectivity index is 2.94. The molecular weight excluding hydrogens is 178 g/mol. The van der Waals surface area contributed by atoms with E-state index in [0.29, 0.717) is 10.9 Å². The lowest BCUT2D eigenvalue weighted by Crippen LogP contribution is -2.06. The summed E-state index contributed by atoms with van der Waals surface area (Å²) < 4.78 is 0. The van der Waals surface area contributed by atoms with Crippen LogP contribution < -0.4 is 5.56 Å². The molecule has 2 aromatic rings. The van der Waals surface area contributed by atoms with Gasteiger partial charge in [0, 0.05) is 17.1 Å².